The lowest BCUT2D eigenvalue weighted by Crippen LogP contribution is -2.13. The van der Waals surface area contributed by atoms with Gasteiger partial charge in [-0.15, -0.1) is 0 Å². The molecule has 0 spiro atoms. The van der Waals surface area contributed by atoms with Crippen molar-refractivity contribution in [3.63, 3.8) is 0 Å². The molecule has 4 heteroatoms. The van der Waals surface area contributed by atoms with Crippen LogP contribution in [0.4, 0.5) is 0 Å². The van der Waals surface area contributed by atoms with Crippen LogP contribution in [0.2, 0.25) is 0 Å². The fourth-order valence-electron chi connectivity index (χ4n) is 1.33. The molecule has 4 nitrogen and oxygen atoms in total. The number of ether oxygens (including phenoxy) is 2. The first kappa shape index (κ1) is 13.4. The van der Waals surface area contributed by atoms with E-state index < -0.39 is 5.91 Å². The van der Waals surface area contributed by atoms with Crippen molar-refractivity contribution in [2.24, 2.45) is 5.73 Å². The Bertz CT molecular complexity index is 390. The summed E-state index contributed by atoms with van der Waals surface area (Å²) < 4.78 is 11.1. The van der Waals surface area contributed by atoms with Crippen molar-refractivity contribution >= 4 is 5.91 Å². The Hall–Kier alpha value is -1.71. The van der Waals surface area contributed by atoms with Crippen molar-refractivity contribution in [3.05, 3.63) is 23.8 Å². The van der Waals surface area contributed by atoms with Gasteiger partial charge in [0.25, 0.3) is 0 Å². The van der Waals surface area contributed by atoms with Crippen LogP contribution in [0.25, 0.3) is 0 Å². The summed E-state index contributed by atoms with van der Waals surface area (Å²) in [5, 5.41) is 0. The molecule has 0 aliphatic heterocycles. The van der Waals surface area contributed by atoms with Crippen LogP contribution in [-0.2, 0) is 0 Å². The molecule has 0 unspecified atom stereocenters. The van der Waals surface area contributed by atoms with Gasteiger partial charge < -0.3 is 15.2 Å². The molecule has 1 aromatic rings. The Kier molecular flexibility index (Phi) is 4.82. The monoisotopic (exact) mass is 237 g/mol. The second kappa shape index (κ2) is 6.13. The van der Waals surface area contributed by atoms with E-state index in [1.54, 1.807) is 18.2 Å². The van der Waals surface area contributed by atoms with Gasteiger partial charge in [-0.2, -0.15) is 0 Å². The third-order valence-electron chi connectivity index (χ3n) is 2.43. The summed E-state index contributed by atoms with van der Waals surface area (Å²) in [7, 11) is 0. The molecule has 0 aromatic heterocycles. The maximum Gasteiger partial charge on any atom is 0.248 e. The number of hydrogen-bond donors (Lipinski definition) is 1. The SMILES string of the molecule is CCOc1cc(C(N)=O)ccc1O[C@@H](C)CC. The molecule has 2 N–H and O–H groups in total. The number of primary amides is 1. The number of carbonyl (C=O) groups is 1. The summed E-state index contributed by atoms with van der Waals surface area (Å²) in [6, 6.07) is 4.98. The minimum Gasteiger partial charge on any atom is -0.490 e. The molecule has 0 saturated carbocycles. The molecule has 0 fully saturated rings. The molecule has 0 bridgehead atoms. The highest BCUT2D eigenvalue weighted by atomic mass is 16.5. The van der Waals surface area contributed by atoms with Crippen molar-refractivity contribution in [1.29, 1.82) is 0 Å². The second-order valence-corrected chi connectivity index (χ2v) is 3.80. The van der Waals surface area contributed by atoms with Crippen LogP contribution in [0.15, 0.2) is 18.2 Å². The summed E-state index contributed by atoms with van der Waals surface area (Å²) in [5.74, 6) is 0.733. The van der Waals surface area contributed by atoms with Gasteiger partial charge in [-0.05, 0) is 38.5 Å². The third-order valence-corrected chi connectivity index (χ3v) is 2.43. The van der Waals surface area contributed by atoms with Crippen molar-refractivity contribution in [2.45, 2.75) is 33.3 Å². The smallest absolute Gasteiger partial charge is 0.248 e. The number of amides is 1. The van der Waals surface area contributed by atoms with E-state index in [4.69, 9.17) is 15.2 Å². The van der Waals surface area contributed by atoms with E-state index in [0.717, 1.165) is 6.42 Å². The normalized spacial score (nSPS) is 11.9. The Morgan fingerprint density at radius 1 is 1.35 bits per heavy atom. The number of hydrogen-bond acceptors (Lipinski definition) is 3. The van der Waals surface area contributed by atoms with Crippen LogP contribution in [-0.4, -0.2) is 18.6 Å². The van der Waals surface area contributed by atoms with Crippen LogP contribution >= 0.6 is 0 Å². The van der Waals surface area contributed by atoms with Gasteiger partial charge in [-0.25, -0.2) is 0 Å². The zero-order valence-corrected chi connectivity index (χ0v) is 10.5. The lowest BCUT2D eigenvalue weighted by Gasteiger charge is -2.16. The van der Waals surface area contributed by atoms with E-state index in [9.17, 15) is 4.79 Å². The number of rotatable bonds is 6. The molecule has 0 radical (unpaired) electrons. The first-order valence-electron chi connectivity index (χ1n) is 5.81. The molecule has 0 aliphatic carbocycles. The summed E-state index contributed by atoms with van der Waals surface area (Å²) in [4.78, 5) is 11.1. The third kappa shape index (κ3) is 3.66. The molecule has 1 atom stereocenters. The van der Waals surface area contributed by atoms with Gasteiger partial charge in [0, 0.05) is 5.56 Å². The minimum absolute atomic E-state index is 0.105. The molecule has 0 aliphatic rings. The fourth-order valence-corrected chi connectivity index (χ4v) is 1.33. The molecule has 17 heavy (non-hydrogen) atoms. The lowest BCUT2D eigenvalue weighted by atomic mass is 10.2. The standard InChI is InChI=1S/C13H19NO3/c1-4-9(3)17-11-7-6-10(13(14)15)8-12(11)16-5-2/h6-9H,4-5H2,1-3H3,(H2,14,15)/t9-/m0/s1. The Balaban J connectivity index is 2.99. The zero-order chi connectivity index (χ0) is 12.8. The predicted octanol–water partition coefficient (Wildman–Crippen LogP) is 2.36. The van der Waals surface area contributed by atoms with Gasteiger partial charge in [-0.3, -0.25) is 4.79 Å². The van der Waals surface area contributed by atoms with Crippen molar-refractivity contribution in [1.82, 2.24) is 0 Å². The second-order valence-electron chi connectivity index (χ2n) is 3.80. The summed E-state index contributed by atoms with van der Waals surface area (Å²) in [6.45, 7) is 6.42. The first-order chi connectivity index (χ1) is 8.08. The van der Waals surface area contributed by atoms with E-state index in [2.05, 4.69) is 0 Å². The van der Waals surface area contributed by atoms with E-state index >= 15 is 0 Å². The maximum absolute atomic E-state index is 11.1. The van der Waals surface area contributed by atoms with Crippen molar-refractivity contribution < 1.29 is 14.3 Å². The van der Waals surface area contributed by atoms with Gasteiger partial charge in [-0.1, -0.05) is 6.92 Å². The van der Waals surface area contributed by atoms with E-state index in [-0.39, 0.29) is 6.10 Å². The van der Waals surface area contributed by atoms with Crippen LogP contribution in [0, 0.1) is 0 Å². The summed E-state index contributed by atoms with van der Waals surface area (Å²) >= 11 is 0. The average molecular weight is 237 g/mol. The van der Waals surface area contributed by atoms with Gasteiger partial charge in [0.2, 0.25) is 5.91 Å². The Morgan fingerprint density at radius 2 is 2.06 bits per heavy atom. The zero-order valence-electron chi connectivity index (χ0n) is 10.5. The van der Waals surface area contributed by atoms with Crippen LogP contribution in [0.5, 0.6) is 11.5 Å². The maximum atomic E-state index is 11.1. The highest BCUT2D eigenvalue weighted by Crippen LogP contribution is 2.29. The first-order valence-corrected chi connectivity index (χ1v) is 5.81. The number of nitrogens with two attached hydrogens (primary N) is 1. The van der Waals surface area contributed by atoms with Gasteiger partial charge >= 0.3 is 0 Å². The topological polar surface area (TPSA) is 61.5 Å². The van der Waals surface area contributed by atoms with E-state index in [0.29, 0.717) is 23.7 Å². The lowest BCUT2D eigenvalue weighted by molar-refractivity contribution is 0.0999. The average Bonchev–Trinajstić information content (AvgIpc) is 2.31. The molecule has 0 heterocycles. The van der Waals surface area contributed by atoms with Crippen LogP contribution in [0.3, 0.4) is 0 Å². The highest BCUT2D eigenvalue weighted by Gasteiger charge is 2.11. The Labute approximate surface area is 102 Å². The molecular formula is C13H19NO3. The molecule has 1 rings (SSSR count). The molecule has 1 amide bonds. The van der Waals surface area contributed by atoms with E-state index in [1.165, 1.54) is 0 Å². The van der Waals surface area contributed by atoms with Gasteiger partial charge in [0.15, 0.2) is 11.5 Å². The van der Waals surface area contributed by atoms with Gasteiger partial charge in [0.05, 0.1) is 12.7 Å². The van der Waals surface area contributed by atoms with Crippen molar-refractivity contribution in [3.8, 4) is 11.5 Å². The van der Waals surface area contributed by atoms with Crippen LogP contribution in [0.1, 0.15) is 37.6 Å². The summed E-state index contributed by atoms with van der Waals surface area (Å²) in [6.07, 6.45) is 1.01. The van der Waals surface area contributed by atoms with E-state index in [1.807, 2.05) is 20.8 Å². The predicted molar refractivity (Wildman–Crippen MR) is 66.5 cm³/mol. The number of benzene rings is 1. The molecule has 0 saturated heterocycles. The van der Waals surface area contributed by atoms with Crippen molar-refractivity contribution in [2.75, 3.05) is 6.61 Å². The fraction of sp³-hybridized carbons (Fsp3) is 0.462. The van der Waals surface area contributed by atoms with Gasteiger partial charge in [0.1, 0.15) is 0 Å². The quantitative estimate of drug-likeness (QED) is 0.826. The molecule has 94 valence electrons. The molecular weight excluding hydrogens is 218 g/mol. The van der Waals surface area contributed by atoms with Crippen LogP contribution < -0.4 is 15.2 Å². The highest BCUT2D eigenvalue weighted by molar-refractivity contribution is 5.93. The largest absolute Gasteiger partial charge is 0.490 e. The molecule has 1 aromatic carbocycles. The summed E-state index contributed by atoms with van der Waals surface area (Å²) in [5.41, 5.74) is 5.64. The minimum atomic E-state index is -0.471. The Morgan fingerprint density at radius 3 is 2.59 bits per heavy atom. The number of carbonyl (C=O) groups excluding carboxylic acids is 1.